The van der Waals surface area contributed by atoms with Crippen LogP contribution in [-0.4, -0.2) is 21.2 Å². The van der Waals surface area contributed by atoms with E-state index in [2.05, 4.69) is 28.7 Å². The van der Waals surface area contributed by atoms with Crippen LogP contribution in [0.3, 0.4) is 0 Å². The number of benzene rings is 2. The monoisotopic (exact) mass is 398 g/mol. The number of amides is 1. The molecule has 7 heteroatoms. The van der Waals surface area contributed by atoms with Crippen LogP contribution in [0.1, 0.15) is 19.4 Å². The molecule has 0 fully saturated rings. The Morgan fingerprint density at radius 3 is 2.81 bits per heavy atom. The van der Waals surface area contributed by atoms with Gasteiger partial charge in [0, 0.05) is 12.2 Å². The number of carbonyl (C=O) groups is 1. The highest BCUT2D eigenvalue weighted by Crippen LogP contribution is 2.26. The number of thioether (sulfide) groups is 1. The molecule has 1 heterocycles. The van der Waals surface area contributed by atoms with Crippen molar-refractivity contribution in [2.75, 3.05) is 11.1 Å². The minimum absolute atomic E-state index is 0.149. The van der Waals surface area contributed by atoms with E-state index in [0.717, 1.165) is 22.7 Å². The Kier molecular flexibility index (Phi) is 6.04. The first-order valence-corrected chi connectivity index (χ1v) is 9.92. The van der Waals surface area contributed by atoms with Gasteiger partial charge in [0.1, 0.15) is 6.07 Å². The van der Waals surface area contributed by atoms with Crippen LogP contribution in [0.4, 0.5) is 5.69 Å². The number of halogens is 1. The van der Waals surface area contributed by atoms with Gasteiger partial charge in [0.25, 0.3) is 0 Å². The Hall–Kier alpha value is -2.49. The normalized spacial score (nSPS) is 10.9. The topological polar surface area (TPSA) is 70.7 Å². The fourth-order valence-corrected chi connectivity index (χ4v) is 3.76. The number of fused-ring (bicyclic) bond motifs is 1. The number of nitrogens with one attached hydrogen (secondary N) is 1. The van der Waals surface area contributed by atoms with E-state index in [-0.39, 0.29) is 11.7 Å². The third kappa shape index (κ3) is 4.62. The van der Waals surface area contributed by atoms with Crippen LogP contribution in [0, 0.1) is 17.2 Å². The predicted octanol–water partition coefficient (Wildman–Crippen LogP) is 4.95. The molecule has 1 N–H and O–H groups in total. The van der Waals surface area contributed by atoms with Crippen molar-refractivity contribution in [3.05, 3.63) is 53.1 Å². The maximum Gasteiger partial charge on any atom is 0.234 e. The maximum atomic E-state index is 12.3. The number of imidazole rings is 1. The second-order valence-corrected chi connectivity index (χ2v) is 7.88. The van der Waals surface area contributed by atoms with E-state index in [0.29, 0.717) is 22.2 Å². The fourth-order valence-electron chi connectivity index (χ4n) is 2.72. The van der Waals surface area contributed by atoms with Crippen LogP contribution < -0.4 is 5.32 Å². The number of carbonyl (C=O) groups excluding carboxylic acids is 1. The number of para-hydroxylation sites is 2. The van der Waals surface area contributed by atoms with E-state index < -0.39 is 0 Å². The molecule has 0 bridgehead atoms. The van der Waals surface area contributed by atoms with E-state index in [4.69, 9.17) is 16.9 Å². The average Bonchev–Trinajstić information content (AvgIpc) is 2.97. The van der Waals surface area contributed by atoms with Gasteiger partial charge in [0.2, 0.25) is 5.91 Å². The molecule has 1 amide bonds. The summed E-state index contributed by atoms with van der Waals surface area (Å²) in [7, 11) is 0. The smallest absolute Gasteiger partial charge is 0.234 e. The molecule has 5 nitrogen and oxygen atoms in total. The molecule has 1 aromatic heterocycles. The van der Waals surface area contributed by atoms with Gasteiger partial charge in [0.05, 0.1) is 27.4 Å². The lowest BCUT2D eigenvalue weighted by Crippen LogP contribution is -2.15. The number of rotatable bonds is 6. The highest BCUT2D eigenvalue weighted by molar-refractivity contribution is 7.99. The molecule has 2 aromatic carbocycles. The lowest BCUT2D eigenvalue weighted by Gasteiger charge is -2.11. The summed E-state index contributed by atoms with van der Waals surface area (Å²) in [6.45, 7) is 5.16. The standard InChI is InChI=1S/C20H19ClN4OS/c1-13(2)11-25-18-6-4-3-5-17(18)24-20(25)27-12-19(26)23-15-8-7-14(10-22)16(21)9-15/h3-9,13H,11-12H2,1-2H3,(H,23,26). The van der Waals surface area contributed by atoms with E-state index in [9.17, 15) is 4.79 Å². The van der Waals surface area contributed by atoms with Crippen molar-refractivity contribution in [2.24, 2.45) is 5.92 Å². The van der Waals surface area contributed by atoms with E-state index in [1.807, 2.05) is 30.3 Å². The van der Waals surface area contributed by atoms with Crippen molar-refractivity contribution in [2.45, 2.75) is 25.5 Å². The molecule has 0 aliphatic carbocycles. The molecule has 0 aliphatic heterocycles. The van der Waals surface area contributed by atoms with Gasteiger partial charge in [-0.3, -0.25) is 4.79 Å². The average molecular weight is 399 g/mol. The Balaban J connectivity index is 1.71. The third-order valence-corrected chi connectivity index (χ3v) is 5.16. The third-order valence-electron chi connectivity index (χ3n) is 3.87. The van der Waals surface area contributed by atoms with E-state index >= 15 is 0 Å². The van der Waals surface area contributed by atoms with Gasteiger partial charge >= 0.3 is 0 Å². The molecule has 3 rings (SSSR count). The van der Waals surface area contributed by atoms with Crippen molar-refractivity contribution < 1.29 is 4.79 Å². The Morgan fingerprint density at radius 1 is 1.33 bits per heavy atom. The van der Waals surface area contributed by atoms with Crippen molar-refractivity contribution in [3.8, 4) is 6.07 Å². The first-order valence-electron chi connectivity index (χ1n) is 8.55. The first kappa shape index (κ1) is 19.3. The summed E-state index contributed by atoms with van der Waals surface area (Å²) in [5.41, 5.74) is 2.96. The number of anilines is 1. The molecule has 0 atom stereocenters. The minimum atomic E-state index is -0.149. The van der Waals surface area contributed by atoms with Crippen molar-refractivity contribution in [3.63, 3.8) is 0 Å². The molecule has 0 unspecified atom stereocenters. The molecule has 0 radical (unpaired) electrons. The number of hydrogen-bond acceptors (Lipinski definition) is 4. The molecule has 0 saturated heterocycles. The number of nitriles is 1. The second kappa shape index (κ2) is 8.47. The zero-order valence-corrected chi connectivity index (χ0v) is 16.6. The summed E-state index contributed by atoms with van der Waals surface area (Å²) < 4.78 is 2.16. The number of aromatic nitrogens is 2. The number of hydrogen-bond donors (Lipinski definition) is 1. The van der Waals surface area contributed by atoms with Crippen molar-refractivity contribution in [1.29, 1.82) is 5.26 Å². The van der Waals surface area contributed by atoms with Crippen molar-refractivity contribution >= 4 is 46.0 Å². The van der Waals surface area contributed by atoms with Gasteiger partial charge in [-0.1, -0.05) is 49.3 Å². The summed E-state index contributed by atoms with van der Waals surface area (Å²) >= 11 is 7.42. The Bertz CT molecular complexity index is 1020. The molecule has 0 aliphatic rings. The van der Waals surface area contributed by atoms with Crippen LogP contribution in [0.5, 0.6) is 0 Å². The lowest BCUT2D eigenvalue weighted by molar-refractivity contribution is -0.113. The molecule has 0 spiro atoms. The Labute approximate surface area is 167 Å². The van der Waals surface area contributed by atoms with Crippen LogP contribution in [0.25, 0.3) is 11.0 Å². The molecular formula is C20H19ClN4OS. The van der Waals surface area contributed by atoms with Gasteiger partial charge in [-0.25, -0.2) is 4.98 Å². The molecule has 138 valence electrons. The fraction of sp³-hybridized carbons (Fsp3) is 0.250. The quantitative estimate of drug-likeness (QED) is 0.596. The second-order valence-electron chi connectivity index (χ2n) is 6.53. The number of nitrogens with zero attached hydrogens (tertiary/aromatic N) is 3. The summed E-state index contributed by atoms with van der Waals surface area (Å²) in [4.78, 5) is 17.0. The molecule has 3 aromatic rings. The van der Waals surface area contributed by atoms with Crippen LogP contribution >= 0.6 is 23.4 Å². The highest BCUT2D eigenvalue weighted by Gasteiger charge is 2.14. The summed E-state index contributed by atoms with van der Waals surface area (Å²) in [6, 6.07) is 14.8. The van der Waals surface area contributed by atoms with Gasteiger partial charge in [-0.2, -0.15) is 5.26 Å². The van der Waals surface area contributed by atoms with Crippen LogP contribution in [0.15, 0.2) is 47.6 Å². The van der Waals surface area contributed by atoms with Crippen molar-refractivity contribution in [1.82, 2.24) is 9.55 Å². The molecule has 27 heavy (non-hydrogen) atoms. The minimum Gasteiger partial charge on any atom is -0.325 e. The summed E-state index contributed by atoms with van der Waals surface area (Å²) in [5, 5.41) is 12.9. The van der Waals surface area contributed by atoms with Gasteiger partial charge in [0.15, 0.2) is 5.16 Å². The first-order chi connectivity index (χ1) is 13.0. The van der Waals surface area contributed by atoms with Gasteiger partial charge < -0.3 is 9.88 Å². The maximum absolute atomic E-state index is 12.3. The largest absolute Gasteiger partial charge is 0.325 e. The molecular weight excluding hydrogens is 380 g/mol. The molecule has 0 saturated carbocycles. The van der Waals surface area contributed by atoms with Gasteiger partial charge in [-0.05, 0) is 36.2 Å². The summed E-state index contributed by atoms with van der Waals surface area (Å²) in [6.07, 6.45) is 0. The highest BCUT2D eigenvalue weighted by atomic mass is 35.5. The Morgan fingerprint density at radius 2 is 2.11 bits per heavy atom. The zero-order chi connectivity index (χ0) is 19.4. The SMILES string of the molecule is CC(C)Cn1c(SCC(=O)Nc2ccc(C#N)c(Cl)c2)nc2ccccc21. The predicted molar refractivity (Wildman–Crippen MR) is 110 cm³/mol. The zero-order valence-electron chi connectivity index (χ0n) is 15.1. The van der Waals surface area contributed by atoms with Gasteiger partial charge in [-0.15, -0.1) is 0 Å². The lowest BCUT2D eigenvalue weighted by atomic mass is 10.2. The van der Waals surface area contributed by atoms with E-state index in [1.165, 1.54) is 11.8 Å². The van der Waals surface area contributed by atoms with Crippen LogP contribution in [-0.2, 0) is 11.3 Å². The van der Waals surface area contributed by atoms with E-state index in [1.54, 1.807) is 18.2 Å². The van der Waals surface area contributed by atoms with Crippen LogP contribution in [0.2, 0.25) is 5.02 Å². The summed E-state index contributed by atoms with van der Waals surface area (Å²) in [5.74, 6) is 0.555.